The first-order valence-electron chi connectivity index (χ1n) is 10.4. The summed E-state index contributed by atoms with van der Waals surface area (Å²) in [5, 5.41) is 13.0. The quantitative estimate of drug-likeness (QED) is 0.180. The highest BCUT2D eigenvalue weighted by Gasteiger charge is 2.31. The van der Waals surface area contributed by atoms with Crippen LogP contribution >= 0.6 is 11.3 Å². The maximum atomic E-state index is 13.3. The number of alkyl halides is 3. The first-order chi connectivity index (χ1) is 16.3. The monoisotopic (exact) mass is 507 g/mol. The van der Waals surface area contributed by atoms with Gasteiger partial charge in [-0.1, -0.05) is 0 Å². The van der Waals surface area contributed by atoms with Gasteiger partial charge in [-0.15, -0.1) is 11.3 Å². The van der Waals surface area contributed by atoms with Crippen molar-refractivity contribution in [2.75, 3.05) is 11.1 Å². The number of nitrogens with zero attached hydrogens (tertiary/aromatic N) is 2. The highest BCUT2D eigenvalue weighted by Crippen LogP contribution is 2.34. The van der Waals surface area contributed by atoms with Crippen LogP contribution in [0.3, 0.4) is 0 Å². The standard InChI is InChI=1S/C22H24F3N7O2S/c1-11(2)31-20-21(34)32(10-18(33)29-8-15-3-4-17(35-15)19(27)28)16(9-30-20)12-5-13(22(23,24)25)7-14(26)6-12/h3-7,9,11H,8,10,26H2,1-2H3,(H3,27,28)(H,29,33)(H,30,31). The Morgan fingerprint density at radius 2 is 1.97 bits per heavy atom. The second-order valence-electron chi connectivity index (χ2n) is 7.98. The summed E-state index contributed by atoms with van der Waals surface area (Å²) < 4.78 is 41.1. The smallest absolute Gasteiger partial charge is 0.399 e. The van der Waals surface area contributed by atoms with Crippen LogP contribution in [0.25, 0.3) is 11.3 Å². The molecule has 35 heavy (non-hydrogen) atoms. The zero-order valence-electron chi connectivity index (χ0n) is 18.9. The van der Waals surface area contributed by atoms with Gasteiger partial charge >= 0.3 is 6.18 Å². The molecular weight excluding hydrogens is 483 g/mol. The fourth-order valence-electron chi connectivity index (χ4n) is 3.21. The number of nitrogen functional groups attached to an aromatic ring is 2. The van der Waals surface area contributed by atoms with Gasteiger partial charge in [-0.05, 0) is 44.2 Å². The molecule has 1 amide bonds. The lowest BCUT2D eigenvalue weighted by molar-refractivity contribution is -0.137. The number of rotatable bonds is 8. The Morgan fingerprint density at radius 1 is 1.26 bits per heavy atom. The predicted octanol–water partition coefficient (Wildman–Crippen LogP) is 2.99. The summed E-state index contributed by atoms with van der Waals surface area (Å²) in [7, 11) is 0. The summed E-state index contributed by atoms with van der Waals surface area (Å²) in [6.07, 6.45) is -3.43. The SMILES string of the molecule is CC(C)Nc1ncc(-c2cc(N)cc(C(F)(F)F)c2)n(CC(=O)NCc2ccc(C(=N)N)s2)c1=O. The molecule has 13 heteroatoms. The summed E-state index contributed by atoms with van der Waals surface area (Å²) in [5.41, 5.74) is 9.33. The van der Waals surface area contributed by atoms with Crippen LogP contribution in [0.4, 0.5) is 24.7 Å². The van der Waals surface area contributed by atoms with Gasteiger partial charge in [0, 0.05) is 22.2 Å². The fourth-order valence-corrected chi connectivity index (χ4v) is 4.02. The van der Waals surface area contributed by atoms with Crippen molar-refractivity contribution in [2.24, 2.45) is 5.73 Å². The number of benzene rings is 1. The normalized spacial score (nSPS) is 11.5. The molecule has 0 aliphatic rings. The molecule has 0 spiro atoms. The molecule has 2 heterocycles. The maximum Gasteiger partial charge on any atom is 0.416 e. The lowest BCUT2D eigenvalue weighted by atomic mass is 10.1. The van der Waals surface area contributed by atoms with Gasteiger partial charge in [0.25, 0.3) is 5.56 Å². The first-order valence-corrected chi connectivity index (χ1v) is 11.2. The second kappa shape index (κ2) is 10.2. The number of amidine groups is 1. The number of thiophene rings is 1. The van der Waals surface area contributed by atoms with Crippen LogP contribution in [-0.2, 0) is 24.1 Å². The third kappa shape index (κ3) is 6.38. The lowest BCUT2D eigenvalue weighted by Crippen LogP contribution is -2.34. The summed E-state index contributed by atoms with van der Waals surface area (Å²) in [6, 6.07) is 6.14. The van der Waals surface area contributed by atoms with Crippen LogP contribution in [0.1, 0.15) is 29.2 Å². The number of hydrogen-bond donors (Lipinski definition) is 5. The third-order valence-electron chi connectivity index (χ3n) is 4.75. The van der Waals surface area contributed by atoms with E-state index in [9.17, 15) is 22.8 Å². The molecular formula is C22H24F3N7O2S. The number of hydrogen-bond acceptors (Lipinski definition) is 7. The minimum Gasteiger partial charge on any atom is -0.399 e. The van der Waals surface area contributed by atoms with Gasteiger partial charge in [-0.3, -0.25) is 19.6 Å². The second-order valence-corrected chi connectivity index (χ2v) is 9.15. The van der Waals surface area contributed by atoms with Crippen LogP contribution < -0.4 is 27.7 Å². The third-order valence-corrected chi connectivity index (χ3v) is 5.87. The van der Waals surface area contributed by atoms with Crippen LogP contribution in [0.2, 0.25) is 0 Å². The predicted molar refractivity (Wildman–Crippen MR) is 129 cm³/mol. The average Bonchev–Trinajstić information content (AvgIpc) is 3.23. The molecule has 0 saturated heterocycles. The Hall–Kier alpha value is -3.87. The van der Waals surface area contributed by atoms with Gasteiger partial charge in [-0.25, -0.2) is 4.98 Å². The number of carbonyl (C=O) groups excluding carboxylic acids is 1. The van der Waals surface area contributed by atoms with Gasteiger partial charge in [0.05, 0.1) is 28.9 Å². The first kappa shape index (κ1) is 25.7. The van der Waals surface area contributed by atoms with Crippen LogP contribution in [0.15, 0.2) is 41.3 Å². The van der Waals surface area contributed by atoms with Crippen molar-refractivity contribution >= 4 is 34.6 Å². The number of aromatic nitrogens is 2. The van der Waals surface area contributed by atoms with E-state index in [4.69, 9.17) is 16.9 Å². The van der Waals surface area contributed by atoms with Gasteiger partial charge in [0.15, 0.2) is 5.82 Å². The highest BCUT2D eigenvalue weighted by molar-refractivity contribution is 7.14. The van der Waals surface area contributed by atoms with Crippen LogP contribution in [-0.4, -0.2) is 27.3 Å². The molecule has 0 atom stereocenters. The van der Waals surface area contributed by atoms with E-state index < -0.39 is 29.8 Å². The Balaban J connectivity index is 1.96. The van der Waals surface area contributed by atoms with Gasteiger partial charge in [0.2, 0.25) is 5.91 Å². The molecule has 0 unspecified atom stereocenters. The van der Waals surface area contributed by atoms with Crippen LogP contribution in [0, 0.1) is 5.41 Å². The van der Waals surface area contributed by atoms with Crippen molar-refractivity contribution in [3.63, 3.8) is 0 Å². The summed E-state index contributed by atoms with van der Waals surface area (Å²) >= 11 is 1.23. The van der Waals surface area contributed by atoms with Crippen molar-refractivity contribution in [1.82, 2.24) is 14.9 Å². The van der Waals surface area contributed by atoms with E-state index in [1.54, 1.807) is 26.0 Å². The van der Waals surface area contributed by atoms with E-state index in [1.807, 2.05) is 0 Å². The fraction of sp³-hybridized carbons (Fsp3) is 0.273. The molecule has 9 nitrogen and oxygen atoms in total. The molecule has 0 aliphatic carbocycles. The molecule has 0 saturated carbocycles. The van der Waals surface area contributed by atoms with E-state index in [2.05, 4.69) is 15.6 Å². The number of carbonyl (C=O) groups is 1. The number of anilines is 2. The maximum absolute atomic E-state index is 13.3. The van der Waals surface area contributed by atoms with E-state index in [0.717, 1.165) is 21.6 Å². The largest absolute Gasteiger partial charge is 0.416 e. The number of nitrogens with one attached hydrogen (secondary N) is 3. The molecule has 3 rings (SSSR count). The molecule has 1 aromatic carbocycles. The zero-order valence-corrected chi connectivity index (χ0v) is 19.7. The number of nitrogens with two attached hydrogens (primary N) is 2. The Kier molecular flexibility index (Phi) is 7.48. The minimum atomic E-state index is -4.65. The van der Waals surface area contributed by atoms with E-state index in [0.29, 0.717) is 4.88 Å². The molecule has 7 N–H and O–H groups in total. The van der Waals surface area contributed by atoms with Crippen molar-refractivity contribution < 1.29 is 18.0 Å². The van der Waals surface area contributed by atoms with Crippen molar-refractivity contribution in [2.45, 2.75) is 39.2 Å². The zero-order chi connectivity index (χ0) is 25.9. The molecule has 2 aromatic heterocycles. The average molecular weight is 508 g/mol. The van der Waals surface area contributed by atoms with Gasteiger partial charge in [-0.2, -0.15) is 13.2 Å². The molecule has 0 fully saturated rings. The Bertz CT molecular complexity index is 1320. The molecule has 186 valence electrons. The van der Waals surface area contributed by atoms with E-state index in [1.165, 1.54) is 23.6 Å². The van der Waals surface area contributed by atoms with Crippen LogP contribution in [0.5, 0.6) is 0 Å². The highest BCUT2D eigenvalue weighted by atomic mass is 32.1. The van der Waals surface area contributed by atoms with Crippen molar-refractivity contribution in [3.05, 3.63) is 62.2 Å². The summed E-state index contributed by atoms with van der Waals surface area (Å²) in [6.45, 7) is 3.23. The lowest BCUT2D eigenvalue weighted by Gasteiger charge is -2.17. The van der Waals surface area contributed by atoms with Crippen molar-refractivity contribution in [1.29, 1.82) is 5.41 Å². The van der Waals surface area contributed by atoms with Gasteiger partial charge < -0.3 is 22.1 Å². The molecule has 0 aliphatic heterocycles. The number of amides is 1. The summed E-state index contributed by atoms with van der Waals surface area (Å²) in [4.78, 5) is 31.2. The topological polar surface area (TPSA) is 152 Å². The number of halogens is 3. The Labute approximate surface area is 202 Å². The molecule has 0 bridgehead atoms. The minimum absolute atomic E-state index is 0.00446. The van der Waals surface area contributed by atoms with Crippen molar-refractivity contribution in [3.8, 4) is 11.3 Å². The Morgan fingerprint density at radius 3 is 2.57 bits per heavy atom. The van der Waals surface area contributed by atoms with E-state index in [-0.39, 0.29) is 41.2 Å². The molecule has 3 aromatic rings. The van der Waals surface area contributed by atoms with Gasteiger partial charge in [0.1, 0.15) is 12.4 Å². The summed E-state index contributed by atoms with van der Waals surface area (Å²) in [5.74, 6) is -0.681. The van der Waals surface area contributed by atoms with E-state index >= 15 is 0 Å². The molecule has 0 radical (unpaired) electrons.